The lowest BCUT2D eigenvalue weighted by molar-refractivity contribution is -0.384. The molecule has 0 aromatic heterocycles. The van der Waals surface area contributed by atoms with Crippen LogP contribution >= 0.6 is 27.5 Å². The molecule has 1 N–H and O–H groups in total. The first-order chi connectivity index (χ1) is 13.4. The minimum atomic E-state index is -0.581. The van der Waals surface area contributed by atoms with E-state index in [2.05, 4.69) is 21.2 Å². The van der Waals surface area contributed by atoms with Crippen molar-refractivity contribution in [1.29, 1.82) is 0 Å². The molecule has 3 aromatic rings. The van der Waals surface area contributed by atoms with Crippen LogP contribution in [0.3, 0.4) is 0 Å². The van der Waals surface area contributed by atoms with E-state index in [4.69, 9.17) is 11.6 Å². The number of halogens is 2. The van der Waals surface area contributed by atoms with Crippen LogP contribution in [0.1, 0.15) is 26.3 Å². The molecule has 140 valence electrons. The van der Waals surface area contributed by atoms with Crippen molar-refractivity contribution >= 4 is 50.6 Å². The van der Waals surface area contributed by atoms with E-state index in [-0.39, 0.29) is 28.3 Å². The minimum Gasteiger partial charge on any atom is -0.321 e. The van der Waals surface area contributed by atoms with Crippen LogP contribution in [0.25, 0.3) is 0 Å². The van der Waals surface area contributed by atoms with Gasteiger partial charge >= 0.3 is 0 Å². The predicted molar refractivity (Wildman–Crippen MR) is 110 cm³/mol. The van der Waals surface area contributed by atoms with Crippen LogP contribution in [-0.2, 0) is 0 Å². The highest BCUT2D eigenvalue weighted by molar-refractivity contribution is 9.10. The van der Waals surface area contributed by atoms with Gasteiger partial charge in [-0.05, 0) is 36.4 Å². The number of nitrogens with zero attached hydrogens (tertiary/aromatic N) is 1. The largest absolute Gasteiger partial charge is 0.321 e. The van der Waals surface area contributed by atoms with Crippen LogP contribution in [0.4, 0.5) is 11.4 Å². The number of hydrogen-bond donors (Lipinski definition) is 1. The number of amides is 1. The molecule has 0 heterocycles. The highest BCUT2D eigenvalue weighted by Crippen LogP contribution is 2.27. The topological polar surface area (TPSA) is 89.3 Å². The molecule has 0 saturated carbocycles. The molecule has 0 bridgehead atoms. The van der Waals surface area contributed by atoms with E-state index in [0.29, 0.717) is 15.1 Å². The van der Waals surface area contributed by atoms with E-state index in [1.165, 1.54) is 24.3 Å². The number of ketones is 1. The quantitative estimate of drug-likeness (QED) is 0.310. The number of non-ortho nitro benzene ring substituents is 1. The van der Waals surface area contributed by atoms with Crippen molar-refractivity contribution in [3.05, 3.63) is 103 Å². The molecule has 3 rings (SSSR count). The van der Waals surface area contributed by atoms with Crippen molar-refractivity contribution in [2.75, 3.05) is 5.32 Å². The number of nitrogens with one attached hydrogen (secondary N) is 1. The maximum atomic E-state index is 13.0. The molecule has 6 nitrogen and oxygen atoms in total. The van der Waals surface area contributed by atoms with Crippen LogP contribution in [-0.4, -0.2) is 16.6 Å². The third-order valence-electron chi connectivity index (χ3n) is 3.91. The Balaban J connectivity index is 1.96. The molecule has 0 aliphatic heterocycles. The Morgan fingerprint density at radius 1 is 0.964 bits per heavy atom. The Morgan fingerprint density at radius 2 is 1.71 bits per heavy atom. The number of anilines is 1. The SMILES string of the molecule is O=C(Nc1ccc(Br)cc1C(=O)c1ccccc1Cl)c1cccc([N+](=O)[O-])c1. The number of hydrogen-bond acceptors (Lipinski definition) is 4. The first kappa shape index (κ1) is 19.7. The molecule has 0 aliphatic carbocycles. The van der Waals surface area contributed by atoms with Gasteiger partial charge in [-0.15, -0.1) is 0 Å². The van der Waals surface area contributed by atoms with Gasteiger partial charge in [-0.1, -0.05) is 45.7 Å². The Labute approximate surface area is 173 Å². The van der Waals surface area contributed by atoms with Gasteiger partial charge in [0.25, 0.3) is 11.6 Å². The monoisotopic (exact) mass is 458 g/mol. The van der Waals surface area contributed by atoms with Crippen LogP contribution in [0.15, 0.2) is 71.2 Å². The van der Waals surface area contributed by atoms with Gasteiger partial charge in [-0.3, -0.25) is 19.7 Å². The maximum absolute atomic E-state index is 13.0. The van der Waals surface area contributed by atoms with Crippen LogP contribution in [0.5, 0.6) is 0 Å². The molecule has 0 saturated heterocycles. The second kappa shape index (κ2) is 8.33. The smallest absolute Gasteiger partial charge is 0.270 e. The van der Waals surface area contributed by atoms with Crippen molar-refractivity contribution < 1.29 is 14.5 Å². The van der Waals surface area contributed by atoms with E-state index in [0.717, 1.165) is 0 Å². The highest BCUT2D eigenvalue weighted by Gasteiger charge is 2.19. The summed E-state index contributed by atoms with van der Waals surface area (Å²) in [5.41, 5.74) is 0.711. The van der Waals surface area contributed by atoms with Crippen LogP contribution < -0.4 is 5.32 Å². The second-order valence-electron chi connectivity index (χ2n) is 5.76. The van der Waals surface area contributed by atoms with Gasteiger partial charge in [-0.25, -0.2) is 0 Å². The van der Waals surface area contributed by atoms with Crippen molar-refractivity contribution in [3.8, 4) is 0 Å². The van der Waals surface area contributed by atoms with Crippen molar-refractivity contribution in [2.45, 2.75) is 0 Å². The van der Waals surface area contributed by atoms with Gasteiger partial charge in [0.2, 0.25) is 0 Å². The first-order valence-electron chi connectivity index (χ1n) is 8.01. The molecule has 0 radical (unpaired) electrons. The average molecular weight is 460 g/mol. The maximum Gasteiger partial charge on any atom is 0.270 e. The fraction of sp³-hybridized carbons (Fsp3) is 0. The third-order valence-corrected chi connectivity index (χ3v) is 4.73. The summed E-state index contributed by atoms with van der Waals surface area (Å²) in [5.74, 6) is -0.930. The molecule has 8 heteroatoms. The van der Waals surface area contributed by atoms with Gasteiger partial charge in [0.1, 0.15) is 0 Å². The summed E-state index contributed by atoms with van der Waals surface area (Å²) in [5, 5.41) is 13.9. The highest BCUT2D eigenvalue weighted by atomic mass is 79.9. The molecule has 3 aromatic carbocycles. The summed E-state index contributed by atoms with van der Waals surface area (Å²) in [6.07, 6.45) is 0. The summed E-state index contributed by atoms with van der Waals surface area (Å²) < 4.78 is 0.649. The zero-order valence-corrected chi connectivity index (χ0v) is 16.5. The first-order valence-corrected chi connectivity index (χ1v) is 9.18. The molecule has 1 amide bonds. The second-order valence-corrected chi connectivity index (χ2v) is 7.08. The average Bonchev–Trinajstić information content (AvgIpc) is 2.69. The van der Waals surface area contributed by atoms with Gasteiger partial charge in [0.15, 0.2) is 5.78 Å². The lowest BCUT2D eigenvalue weighted by atomic mass is 10.0. The lowest BCUT2D eigenvalue weighted by Gasteiger charge is -2.12. The van der Waals surface area contributed by atoms with E-state index in [1.54, 1.807) is 42.5 Å². The summed E-state index contributed by atoms with van der Waals surface area (Å²) in [7, 11) is 0. The number of nitro benzene ring substituents is 1. The van der Waals surface area contributed by atoms with Crippen molar-refractivity contribution in [3.63, 3.8) is 0 Å². The molecule has 0 spiro atoms. The number of carbonyl (C=O) groups excluding carboxylic acids is 2. The molecular weight excluding hydrogens is 448 g/mol. The molecule has 0 aliphatic rings. The van der Waals surface area contributed by atoms with Gasteiger partial charge in [0.05, 0.1) is 15.6 Å². The zero-order valence-electron chi connectivity index (χ0n) is 14.2. The third kappa shape index (κ3) is 4.27. The molecule has 28 heavy (non-hydrogen) atoms. The Kier molecular flexibility index (Phi) is 5.87. The van der Waals surface area contributed by atoms with Gasteiger partial charge in [-0.2, -0.15) is 0 Å². The number of carbonyl (C=O) groups is 2. The standard InChI is InChI=1S/C20H12BrClN2O4/c21-13-8-9-18(16(11-13)19(25)15-6-1-2-7-17(15)22)23-20(26)12-4-3-5-14(10-12)24(27)28/h1-11H,(H,23,26). The van der Waals surface area contributed by atoms with Crippen LogP contribution in [0.2, 0.25) is 5.02 Å². The summed E-state index contributed by atoms with van der Waals surface area (Å²) >= 11 is 9.45. The summed E-state index contributed by atoms with van der Waals surface area (Å²) in [6, 6.07) is 16.8. The Bertz CT molecular complexity index is 1100. The number of nitro groups is 1. The molecule has 0 atom stereocenters. The van der Waals surface area contributed by atoms with E-state index in [9.17, 15) is 19.7 Å². The molecule has 0 fully saturated rings. The number of benzene rings is 3. The van der Waals surface area contributed by atoms with Gasteiger partial charge < -0.3 is 5.32 Å². The lowest BCUT2D eigenvalue weighted by Crippen LogP contribution is -2.15. The molecule has 0 unspecified atom stereocenters. The van der Waals surface area contributed by atoms with Gasteiger partial charge in [0, 0.05) is 33.3 Å². The van der Waals surface area contributed by atoms with Crippen molar-refractivity contribution in [2.24, 2.45) is 0 Å². The van der Waals surface area contributed by atoms with E-state index in [1.807, 2.05) is 0 Å². The predicted octanol–water partition coefficient (Wildman–Crippen LogP) is 5.49. The van der Waals surface area contributed by atoms with Crippen molar-refractivity contribution in [1.82, 2.24) is 0 Å². The Morgan fingerprint density at radius 3 is 2.43 bits per heavy atom. The van der Waals surface area contributed by atoms with E-state index < -0.39 is 10.8 Å². The van der Waals surface area contributed by atoms with E-state index >= 15 is 0 Å². The summed E-state index contributed by atoms with van der Waals surface area (Å²) in [6.45, 7) is 0. The van der Waals surface area contributed by atoms with Crippen LogP contribution in [0, 0.1) is 10.1 Å². The summed E-state index contributed by atoms with van der Waals surface area (Å²) in [4.78, 5) is 35.9. The Hall–Kier alpha value is -3.03. The minimum absolute atomic E-state index is 0.105. The molecular formula is C20H12BrClN2O4. The number of rotatable bonds is 5. The fourth-order valence-electron chi connectivity index (χ4n) is 2.56. The zero-order chi connectivity index (χ0) is 20.3. The fourth-order valence-corrected chi connectivity index (χ4v) is 3.14. The normalized spacial score (nSPS) is 10.4.